The van der Waals surface area contributed by atoms with Crippen LogP contribution in [-0.4, -0.2) is 37.2 Å². The van der Waals surface area contributed by atoms with Gasteiger partial charge in [0.25, 0.3) is 0 Å². The van der Waals surface area contributed by atoms with Gasteiger partial charge in [-0.05, 0) is 25.2 Å². The molecule has 0 aromatic heterocycles. The highest BCUT2D eigenvalue weighted by Crippen LogP contribution is 2.18. The Morgan fingerprint density at radius 3 is 0.778 bits per heavy atom. The van der Waals surface area contributed by atoms with E-state index in [1.54, 1.807) is 0 Å². The lowest BCUT2D eigenvalue weighted by atomic mass is 10.0. The predicted molar refractivity (Wildman–Crippen MR) is 270 cm³/mol. The molecule has 0 aliphatic rings. The van der Waals surface area contributed by atoms with Crippen molar-refractivity contribution >= 4 is 17.9 Å². The SMILES string of the molecule is CCCCCCCCCCCCCCCCCCCCCC(=O)O[C@@H](COC(=O)CCCCCCCCCCC)COC(=O)CCCCCCCCCCCCCCCCC(C)C. The summed E-state index contributed by atoms with van der Waals surface area (Å²) in [5, 5.41) is 0. The summed E-state index contributed by atoms with van der Waals surface area (Å²) < 4.78 is 16.8. The van der Waals surface area contributed by atoms with Gasteiger partial charge in [-0.1, -0.05) is 285 Å². The number of hydrogen-bond acceptors (Lipinski definition) is 6. The molecule has 0 fully saturated rings. The third-order valence-corrected chi connectivity index (χ3v) is 13.0. The van der Waals surface area contributed by atoms with Crippen molar-refractivity contribution in [2.24, 2.45) is 5.92 Å². The molecule has 0 aromatic carbocycles. The second kappa shape index (κ2) is 51.4. The normalized spacial score (nSPS) is 12.0. The maximum Gasteiger partial charge on any atom is 0.306 e. The van der Waals surface area contributed by atoms with E-state index >= 15 is 0 Å². The van der Waals surface area contributed by atoms with E-state index in [0.29, 0.717) is 19.3 Å². The average Bonchev–Trinajstić information content (AvgIpc) is 3.27. The molecule has 0 N–H and O–H groups in total. The highest BCUT2D eigenvalue weighted by molar-refractivity contribution is 5.71. The van der Waals surface area contributed by atoms with Gasteiger partial charge in [0.15, 0.2) is 6.10 Å². The van der Waals surface area contributed by atoms with Gasteiger partial charge in [-0.2, -0.15) is 0 Å². The number of rotatable bonds is 52. The Kier molecular flexibility index (Phi) is 50.1. The minimum Gasteiger partial charge on any atom is -0.462 e. The summed E-state index contributed by atoms with van der Waals surface area (Å²) in [5.74, 6) is 0.00425. The summed E-state index contributed by atoms with van der Waals surface area (Å²) in [6.07, 6.45) is 55.3. The third kappa shape index (κ3) is 51.3. The average molecular weight is 892 g/mol. The maximum absolute atomic E-state index is 12.8. The molecule has 6 heteroatoms. The van der Waals surface area contributed by atoms with E-state index in [2.05, 4.69) is 27.7 Å². The van der Waals surface area contributed by atoms with Crippen LogP contribution in [-0.2, 0) is 28.6 Å². The first kappa shape index (κ1) is 61.4. The summed E-state index contributed by atoms with van der Waals surface area (Å²) in [5.41, 5.74) is 0. The molecular formula is C57H110O6. The minimum atomic E-state index is -0.761. The van der Waals surface area contributed by atoms with Gasteiger partial charge in [-0.25, -0.2) is 0 Å². The van der Waals surface area contributed by atoms with E-state index in [9.17, 15) is 14.4 Å². The topological polar surface area (TPSA) is 78.9 Å². The van der Waals surface area contributed by atoms with Crippen molar-refractivity contribution in [3.63, 3.8) is 0 Å². The van der Waals surface area contributed by atoms with Crippen molar-refractivity contribution in [2.75, 3.05) is 13.2 Å². The standard InChI is InChI=1S/C57H110O6/c1-5-7-9-11-13-15-16-17-18-19-20-21-22-27-30-34-38-42-46-50-57(60)63-54(51-61-55(58)48-44-40-36-31-14-12-10-8-6-2)52-62-56(59)49-45-41-37-33-29-26-24-23-25-28-32-35-39-43-47-53(3)4/h53-54H,5-52H2,1-4H3/t54-/m0/s1. The molecule has 63 heavy (non-hydrogen) atoms. The van der Waals surface area contributed by atoms with Gasteiger partial charge in [0.05, 0.1) is 0 Å². The first-order chi connectivity index (χ1) is 30.9. The molecule has 0 aliphatic carbocycles. The fraction of sp³-hybridized carbons (Fsp3) is 0.947. The molecule has 0 rings (SSSR count). The molecular weight excluding hydrogens is 781 g/mol. The number of carbonyl (C=O) groups is 3. The quantitative estimate of drug-likeness (QED) is 0.0344. The second-order valence-electron chi connectivity index (χ2n) is 20.1. The van der Waals surface area contributed by atoms with Crippen molar-refractivity contribution in [2.45, 2.75) is 329 Å². The Balaban J connectivity index is 4.21. The van der Waals surface area contributed by atoms with Crippen LogP contribution >= 0.6 is 0 Å². The Hall–Kier alpha value is -1.59. The van der Waals surface area contributed by atoms with Crippen LogP contribution in [0, 0.1) is 5.92 Å². The third-order valence-electron chi connectivity index (χ3n) is 13.0. The summed E-state index contributed by atoms with van der Waals surface area (Å²) in [4.78, 5) is 38.0. The lowest BCUT2D eigenvalue weighted by Gasteiger charge is -2.18. The fourth-order valence-electron chi connectivity index (χ4n) is 8.75. The Morgan fingerprint density at radius 1 is 0.302 bits per heavy atom. The number of carbonyl (C=O) groups excluding carboxylic acids is 3. The largest absolute Gasteiger partial charge is 0.462 e. The van der Waals surface area contributed by atoms with Gasteiger partial charge in [-0.15, -0.1) is 0 Å². The summed E-state index contributed by atoms with van der Waals surface area (Å²) in [6, 6.07) is 0. The molecule has 0 amide bonds. The van der Waals surface area contributed by atoms with Crippen LogP contribution in [0.1, 0.15) is 323 Å². The summed E-state index contributed by atoms with van der Waals surface area (Å²) >= 11 is 0. The van der Waals surface area contributed by atoms with Crippen molar-refractivity contribution in [1.82, 2.24) is 0 Å². The Morgan fingerprint density at radius 2 is 0.524 bits per heavy atom. The monoisotopic (exact) mass is 891 g/mol. The second-order valence-corrected chi connectivity index (χ2v) is 20.1. The van der Waals surface area contributed by atoms with E-state index in [4.69, 9.17) is 14.2 Å². The van der Waals surface area contributed by atoms with Crippen LogP contribution in [0.2, 0.25) is 0 Å². The molecule has 0 bridgehead atoms. The van der Waals surface area contributed by atoms with Gasteiger partial charge in [0.2, 0.25) is 0 Å². The Bertz CT molecular complexity index is 949. The lowest BCUT2D eigenvalue weighted by molar-refractivity contribution is -0.167. The summed E-state index contributed by atoms with van der Waals surface area (Å²) in [7, 11) is 0. The van der Waals surface area contributed by atoms with Crippen molar-refractivity contribution in [3.05, 3.63) is 0 Å². The van der Waals surface area contributed by atoms with Crippen LogP contribution in [0.3, 0.4) is 0 Å². The minimum absolute atomic E-state index is 0.0623. The Labute approximate surface area is 393 Å². The fourth-order valence-corrected chi connectivity index (χ4v) is 8.75. The van der Waals surface area contributed by atoms with Gasteiger partial charge in [-0.3, -0.25) is 14.4 Å². The molecule has 0 aliphatic heterocycles. The van der Waals surface area contributed by atoms with Crippen molar-refractivity contribution < 1.29 is 28.6 Å². The first-order valence-corrected chi connectivity index (χ1v) is 28.4. The molecule has 0 spiro atoms. The van der Waals surface area contributed by atoms with Crippen molar-refractivity contribution in [3.8, 4) is 0 Å². The molecule has 0 saturated carbocycles. The van der Waals surface area contributed by atoms with Gasteiger partial charge >= 0.3 is 17.9 Å². The van der Waals surface area contributed by atoms with Crippen LogP contribution < -0.4 is 0 Å². The zero-order chi connectivity index (χ0) is 45.9. The van der Waals surface area contributed by atoms with E-state index in [-0.39, 0.29) is 31.1 Å². The highest BCUT2D eigenvalue weighted by Gasteiger charge is 2.19. The van der Waals surface area contributed by atoms with Crippen LogP contribution in [0.4, 0.5) is 0 Å². The zero-order valence-corrected chi connectivity index (χ0v) is 43.0. The van der Waals surface area contributed by atoms with E-state index in [0.717, 1.165) is 63.7 Å². The molecule has 0 radical (unpaired) electrons. The smallest absolute Gasteiger partial charge is 0.306 e. The van der Waals surface area contributed by atoms with Gasteiger partial charge < -0.3 is 14.2 Å². The first-order valence-electron chi connectivity index (χ1n) is 28.4. The highest BCUT2D eigenvalue weighted by atomic mass is 16.6. The number of esters is 3. The van der Waals surface area contributed by atoms with E-state index in [1.807, 2.05) is 0 Å². The van der Waals surface area contributed by atoms with E-state index < -0.39 is 6.10 Å². The number of hydrogen-bond donors (Lipinski definition) is 0. The van der Waals surface area contributed by atoms with Crippen LogP contribution in [0.25, 0.3) is 0 Å². The number of unbranched alkanes of at least 4 members (excludes halogenated alkanes) is 39. The predicted octanol–water partition coefficient (Wildman–Crippen LogP) is 18.6. The molecule has 1 atom stereocenters. The molecule has 6 nitrogen and oxygen atoms in total. The molecule has 374 valence electrons. The van der Waals surface area contributed by atoms with E-state index in [1.165, 1.54) is 218 Å². The molecule has 0 saturated heterocycles. The van der Waals surface area contributed by atoms with Crippen LogP contribution in [0.5, 0.6) is 0 Å². The number of ether oxygens (including phenoxy) is 3. The van der Waals surface area contributed by atoms with Crippen LogP contribution in [0.15, 0.2) is 0 Å². The van der Waals surface area contributed by atoms with Crippen molar-refractivity contribution in [1.29, 1.82) is 0 Å². The molecule has 0 aromatic rings. The molecule has 0 unspecified atom stereocenters. The maximum atomic E-state index is 12.8. The molecule has 0 heterocycles. The lowest BCUT2D eigenvalue weighted by Crippen LogP contribution is -2.30. The van der Waals surface area contributed by atoms with Gasteiger partial charge in [0.1, 0.15) is 13.2 Å². The van der Waals surface area contributed by atoms with Gasteiger partial charge in [0, 0.05) is 19.3 Å². The zero-order valence-electron chi connectivity index (χ0n) is 43.0. The summed E-state index contributed by atoms with van der Waals surface area (Å²) in [6.45, 7) is 9.04.